The number of hydrazine groups is 1. The highest BCUT2D eigenvalue weighted by Gasteiger charge is 2.14. The van der Waals surface area contributed by atoms with E-state index >= 15 is 0 Å². The highest BCUT2D eigenvalue weighted by molar-refractivity contribution is 5.96. The van der Waals surface area contributed by atoms with Crippen LogP contribution in [0.15, 0.2) is 48.5 Å². The summed E-state index contributed by atoms with van der Waals surface area (Å²) in [7, 11) is 0. The fourth-order valence-electron chi connectivity index (χ4n) is 1.96. The molecule has 0 spiro atoms. The van der Waals surface area contributed by atoms with Gasteiger partial charge in [-0.1, -0.05) is 12.1 Å². The van der Waals surface area contributed by atoms with E-state index in [-0.39, 0.29) is 11.3 Å². The summed E-state index contributed by atoms with van der Waals surface area (Å²) in [5, 5.41) is 9.53. The van der Waals surface area contributed by atoms with E-state index in [9.17, 15) is 19.5 Å². The van der Waals surface area contributed by atoms with Crippen LogP contribution in [-0.4, -0.2) is 36.1 Å². The zero-order valence-electron chi connectivity index (χ0n) is 14.0. The first-order valence-corrected chi connectivity index (χ1v) is 7.78. The van der Waals surface area contributed by atoms with Crippen molar-refractivity contribution < 1.29 is 29.0 Å². The number of para-hydroxylation sites is 1. The van der Waals surface area contributed by atoms with Crippen LogP contribution in [0.2, 0.25) is 0 Å². The molecule has 8 nitrogen and oxygen atoms in total. The van der Waals surface area contributed by atoms with Crippen molar-refractivity contribution in [1.29, 1.82) is 0 Å². The average molecular weight is 358 g/mol. The van der Waals surface area contributed by atoms with E-state index < -0.39 is 24.4 Å². The predicted molar refractivity (Wildman–Crippen MR) is 91.6 cm³/mol. The molecule has 0 radical (unpaired) electrons. The molecule has 2 aromatic rings. The minimum Gasteiger partial charge on any atom is -0.507 e. The fourth-order valence-corrected chi connectivity index (χ4v) is 1.96. The maximum Gasteiger partial charge on any atom is 0.342 e. The quantitative estimate of drug-likeness (QED) is 0.531. The largest absolute Gasteiger partial charge is 0.507 e. The predicted octanol–water partition coefficient (Wildman–Crippen LogP) is 1.41. The molecule has 0 saturated heterocycles. The van der Waals surface area contributed by atoms with E-state index in [0.717, 1.165) is 0 Å². The number of hydrogen-bond donors (Lipinski definition) is 3. The van der Waals surface area contributed by atoms with Crippen molar-refractivity contribution in [2.45, 2.75) is 6.92 Å². The minimum atomic E-state index is -0.851. The summed E-state index contributed by atoms with van der Waals surface area (Å²) in [6, 6.07) is 12.2. The molecule has 2 aromatic carbocycles. The third-order valence-electron chi connectivity index (χ3n) is 3.20. The second kappa shape index (κ2) is 9.07. The molecule has 0 unspecified atom stereocenters. The van der Waals surface area contributed by atoms with Gasteiger partial charge in [0, 0.05) is 5.56 Å². The Balaban J connectivity index is 1.78. The van der Waals surface area contributed by atoms with Gasteiger partial charge in [-0.15, -0.1) is 0 Å². The smallest absolute Gasteiger partial charge is 0.342 e. The summed E-state index contributed by atoms with van der Waals surface area (Å²) in [5.74, 6) is -1.73. The third kappa shape index (κ3) is 5.23. The molecule has 0 saturated carbocycles. The topological polar surface area (TPSA) is 114 Å². The van der Waals surface area contributed by atoms with Crippen LogP contribution in [0.5, 0.6) is 11.5 Å². The zero-order valence-corrected chi connectivity index (χ0v) is 14.0. The molecule has 0 fully saturated rings. The van der Waals surface area contributed by atoms with Gasteiger partial charge in [0.05, 0.1) is 6.61 Å². The summed E-state index contributed by atoms with van der Waals surface area (Å²) in [5.41, 5.74) is 4.60. The van der Waals surface area contributed by atoms with Crippen LogP contribution >= 0.6 is 0 Å². The molecule has 0 bridgehead atoms. The van der Waals surface area contributed by atoms with Crippen molar-refractivity contribution in [2.24, 2.45) is 0 Å². The van der Waals surface area contributed by atoms with Crippen molar-refractivity contribution in [3.8, 4) is 11.5 Å². The molecule has 136 valence electrons. The minimum absolute atomic E-state index is 0.0567. The van der Waals surface area contributed by atoms with Crippen molar-refractivity contribution in [1.82, 2.24) is 10.9 Å². The zero-order chi connectivity index (χ0) is 18.9. The van der Waals surface area contributed by atoms with Gasteiger partial charge in [0.2, 0.25) is 0 Å². The SMILES string of the molecule is CCOc1ccc(C(=O)NNC(=O)COC(=O)c2ccccc2O)cc1. The molecule has 8 heteroatoms. The lowest BCUT2D eigenvalue weighted by Gasteiger charge is -2.09. The highest BCUT2D eigenvalue weighted by Crippen LogP contribution is 2.16. The van der Waals surface area contributed by atoms with Crippen molar-refractivity contribution in [3.05, 3.63) is 59.7 Å². The van der Waals surface area contributed by atoms with Crippen LogP contribution in [0.1, 0.15) is 27.6 Å². The molecular formula is C18H18N2O6. The Labute approximate surface area is 149 Å². The van der Waals surface area contributed by atoms with E-state index in [1.165, 1.54) is 12.1 Å². The molecule has 0 atom stereocenters. The van der Waals surface area contributed by atoms with Crippen LogP contribution in [0.3, 0.4) is 0 Å². The van der Waals surface area contributed by atoms with Crippen molar-refractivity contribution in [3.63, 3.8) is 0 Å². The highest BCUT2D eigenvalue weighted by atomic mass is 16.5. The summed E-state index contributed by atoms with van der Waals surface area (Å²) >= 11 is 0. The molecule has 26 heavy (non-hydrogen) atoms. The first-order valence-electron chi connectivity index (χ1n) is 7.78. The Bertz CT molecular complexity index is 789. The molecule has 2 rings (SSSR count). The van der Waals surface area contributed by atoms with E-state index in [0.29, 0.717) is 17.9 Å². The van der Waals surface area contributed by atoms with Crippen LogP contribution in [-0.2, 0) is 9.53 Å². The number of amides is 2. The Hall–Kier alpha value is -3.55. The van der Waals surface area contributed by atoms with Crippen LogP contribution in [0.25, 0.3) is 0 Å². The number of aromatic hydroxyl groups is 1. The standard InChI is InChI=1S/C18H18N2O6/c1-2-25-13-9-7-12(8-10-13)17(23)20-19-16(22)11-26-18(24)14-5-3-4-6-15(14)21/h3-10,21H,2,11H2,1H3,(H,19,22)(H,20,23). The lowest BCUT2D eigenvalue weighted by atomic mass is 10.2. The number of rotatable bonds is 6. The van der Waals surface area contributed by atoms with Crippen molar-refractivity contribution in [2.75, 3.05) is 13.2 Å². The lowest BCUT2D eigenvalue weighted by molar-refractivity contribution is -0.125. The van der Waals surface area contributed by atoms with Gasteiger partial charge < -0.3 is 14.6 Å². The Morgan fingerprint density at radius 3 is 2.35 bits per heavy atom. The normalized spacial score (nSPS) is 9.88. The van der Waals surface area contributed by atoms with Gasteiger partial charge in [0.1, 0.15) is 17.1 Å². The molecule has 0 aliphatic rings. The van der Waals surface area contributed by atoms with Gasteiger partial charge in [-0.25, -0.2) is 4.79 Å². The lowest BCUT2D eigenvalue weighted by Crippen LogP contribution is -2.43. The van der Waals surface area contributed by atoms with Crippen LogP contribution in [0, 0.1) is 0 Å². The molecule has 3 N–H and O–H groups in total. The Kier molecular flexibility index (Phi) is 6.55. The van der Waals surface area contributed by atoms with Crippen LogP contribution < -0.4 is 15.6 Å². The number of carbonyl (C=O) groups is 3. The number of benzene rings is 2. The molecule has 0 aromatic heterocycles. The molecule has 0 aliphatic heterocycles. The first-order chi connectivity index (χ1) is 12.5. The van der Waals surface area contributed by atoms with Crippen LogP contribution in [0.4, 0.5) is 0 Å². The number of esters is 1. The average Bonchev–Trinajstić information content (AvgIpc) is 2.65. The number of carbonyl (C=O) groups excluding carboxylic acids is 3. The van der Waals surface area contributed by atoms with E-state index in [1.807, 2.05) is 6.92 Å². The Morgan fingerprint density at radius 2 is 1.69 bits per heavy atom. The monoisotopic (exact) mass is 358 g/mol. The summed E-state index contributed by atoms with van der Waals surface area (Å²) in [4.78, 5) is 35.3. The maximum absolute atomic E-state index is 11.9. The second-order valence-corrected chi connectivity index (χ2v) is 5.05. The maximum atomic E-state index is 11.9. The number of ether oxygens (including phenoxy) is 2. The van der Waals surface area contributed by atoms with Crippen molar-refractivity contribution >= 4 is 17.8 Å². The summed E-state index contributed by atoms with van der Waals surface area (Å²) in [6.45, 7) is 1.75. The van der Waals surface area contributed by atoms with E-state index in [2.05, 4.69) is 10.9 Å². The van der Waals surface area contributed by atoms with E-state index in [4.69, 9.17) is 9.47 Å². The number of phenols is 1. The number of hydrogen-bond acceptors (Lipinski definition) is 6. The molecule has 0 heterocycles. The Morgan fingerprint density at radius 1 is 1.00 bits per heavy atom. The first kappa shape index (κ1) is 18.8. The summed E-state index contributed by atoms with van der Waals surface area (Å²) in [6.07, 6.45) is 0. The number of nitrogens with one attached hydrogen (secondary N) is 2. The second-order valence-electron chi connectivity index (χ2n) is 5.05. The van der Waals surface area contributed by atoms with Gasteiger partial charge in [-0.05, 0) is 43.3 Å². The third-order valence-corrected chi connectivity index (χ3v) is 3.20. The molecular weight excluding hydrogens is 340 g/mol. The van der Waals surface area contributed by atoms with Gasteiger partial charge in [0.15, 0.2) is 6.61 Å². The van der Waals surface area contributed by atoms with E-state index in [1.54, 1.807) is 36.4 Å². The van der Waals surface area contributed by atoms with Gasteiger partial charge in [-0.2, -0.15) is 0 Å². The molecule has 2 amide bonds. The fraction of sp³-hybridized carbons (Fsp3) is 0.167. The van der Waals surface area contributed by atoms with Gasteiger partial charge in [0.25, 0.3) is 11.8 Å². The van der Waals surface area contributed by atoms with Gasteiger partial charge in [-0.3, -0.25) is 20.4 Å². The number of phenolic OH excluding ortho intramolecular Hbond substituents is 1. The summed E-state index contributed by atoms with van der Waals surface area (Å²) < 4.78 is 10.0. The van der Waals surface area contributed by atoms with Gasteiger partial charge >= 0.3 is 5.97 Å². The molecule has 0 aliphatic carbocycles.